The van der Waals surface area contributed by atoms with E-state index in [-0.39, 0.29) is 25.5 Å². The maximum absolute atomic E-state index is 12.3. The Morgan fingerprint density at radius 1 is 1.09 bits per heavy atom. The van der Waals surface area contributed by atoms with Crippen LogP contribution in [0.25, 0.3) is 0 Å². The summed E-state index contributed by atoms with van der Waals surface area (Å²) in [6.07, 6.45) is -3.84. The highest BCUT2D eigenvalue weighted by Gasteiger charge is 2.26. The molecule has 1 aromatic carbocycles. The number of ether oxygens (including phenoxy) is 2. The van der Waals surface area contributed by atoms with Crippen LogP contribution in [0.1, 0.15) is 45.1 Å². The van der Waals surface area contributed by atoms with E-state index in [1.54, 1.807) is 24.3 Å². The van der Waals surface area contributed by atoms with Gasteiger partial charge in [-0.05, 0) is 57.2 Å². The summed E-state index contributed by atoms with van der Waals surface area (Å²) in [5.74, 6) is -1.27. The van der Waals surface area contributed by atoms with Crippen LogP contribution in [-0.4, -0.2) is 38.7 Å². The van der Waals surface area contributed by atoms with Gasteiger partial charge in [-0.2, -0.15) is 13.2 Å². The van der Waals surface area contributed by atoms with E-state index in [0.29, 0.717) is 25.0 Å². The van der Waals surface area contributed by atoms with Crippen LogP contribution in [0.5, 0.6) is 11.6 Å². The molecule has 0 fully saturated rings. The zero-order valence-electron chi connectivity index (χ0n) is 19.2. The van der Waals surface area contributed by atoms with E-state index in [4.69, 9.17) is 9.47 Å². The highest BCUT2D eigenvalue weighted by molar-refractivity contribution is 5.74. The number of aliphatic carboxylic acids is 1. The highest BCUT2D eigenvalue weighted by Crippen LogP contribution is 2.21. The number of carboxylic acids is 1. The average molecular weight is 486 g/mol. The molecule has 0 aliphatic carbocycles. The Labute approximate surface area is 193 Å². The molecule has 2 aromatic rings. The molecule has 0 radical (unpaired) electrons. The van der Waals surface area contributed by atoms with Crippen molar-refractivity contribution in [3.63, 3.8) is 0 Å². The molecule has 188 valence electrons. The molecule has 0 aliphatic rings. The number of benzene rings is 1. The second kappa shape index (κ2) is 11.2. The molecule has 1 heterocycles. The van der Waals surface area contributed by atoms with Crippen molar-refractivity contribution in [2.45, 2.75) is 64.3 Å². The minimum Gasteiger partial charge on any atom is -0.546 e. The number of alkyl halides is 3. The van der Waals surface area contributed by atoms with Gasteiger partial charge in [-0.25, -0.2) is 9.48 Å². The largest absolute Gasteiger partial charge is 0.546 e. The Kier molecular flexibility index (Phi) is 8.88. The summed E-state index contributed by atoms with van der Waals surface area (Å²) in [4.78, 5) is 35.2. The Hall–Kier alpha value is -3.31. The van der Waals surface area contributed by atoms with E-state index < -0.39 is 35.4 Å². The van der Waals surface area contributed by atoms with Gasteiger partial charge in [0.05, 0.1) is 12.6 Å². The van der Waals surface area contributed by atoms with Gasteiger partial charge in [-0.1, -0.05) is 12.1 Å². The molecule has 0 bridgehead atoms. The Bertz CT molecular complexity index is 1090. The molecule has 34 heavy (non-hydrogen) atoms. The maximum Gasteiger partial charge on any atom is 0.389 e. The topological polar surface area (TPSA) is 115 Å². The number of halogens is 3. The van der Waals surface area contributed by atoms with Gasteiger partial charge < -0.3 is 19.4 Å². The first-order valence-electron chi connectivity index (χ1n) is 10.7. The van der Waals surface area contributed by atoms with Crippen molar-refractivity contribution in [1.82, 2.24) is 14.3 Å². The Morgan fingerprint density at radius 3 is 2.32 bits per heavy atom. The van der Waals surface area contributed by atoms with Gasteiger partial charge in [0.15, 0.2) is 0 Å². The van der Waals surface area contributed by atoms with Crippen LogP contribution in [0.3, 0.4) is 0 Å². The minimum atomic E-state index is -4.34. The number of hydrogen-bond donors (Lipinski definition) is 0. The van der Waals surface area contributed by atoms with Crippen molar-refractivity contribution in [2.24, 2.45) is 7.05 Å². The second-order valence-electron chi connectivity index (χ2n) is 8.24. The monoisotopic (exact) mass is 486 g/mol. The molecule has 12 heteroatoms. The molecule has 0 unspecified atom stereocenters. The van der Waals surface area contributed by atoms with E-state index >= 15 is 0 Å². The SMILES string of the molecule is Cn1c(=O)c(OCCCCc2ccc(OC(C)(C)C(=O)[O-])cc2)nn(CCCC(F)(F)F)c1=O. The molecule has 0 spiro atoms. The Balaban J connectivity index is 1.86. The molecular weight excluding hydrogens is 459 g/mol. The number of carboxylic acid groups (broad SMARTS) is 1. The normalized spacial score (nSPS) is 11.9. The number of carbonyl (C=O) groups is 1. The third kappa shape index (κ3) is 7.92. The van der Waals surface area contributed by atoms with Gasteiger partial charge in [-0.3, -0.25) is 9.36 Å². The predicted octanol–water partition coefficient (Wildman–Crippen LogP) is 1.59. The molecule has 1 aromatic heterocycles. The summed E-state index contributed by atoms with van der Waals surface area (Å²) < 4.78 is 49.3. The second-order valence-corrected chi connectivity index (χ2v) is 8.24. The average Bonchev–Trinajstić information content (AvgIpc) is 2.74. The minimum absolute atomic E-state index is 0.129. The number of aromatic nitrogens is 3. The van der Waals surface area contributed by atoms with E-state index in [9.17, 15) is 32.7 Å². The molecule has 0 amide bonds. The molecule has 0 N–H and O–H groups in total. The lowest BCUT2D eigenvalue weighted by Crippen LogP contribution is -2.47. The van der Waals surface area contributed by atoms with E-state index in [2.05, 4.69) is 5.10 Å². The summed E-state index contributed by atoms with van der Waals surface area (Å²) in [5.41, 5.74) is -2.04. The van der Waals surface area contributed by atoms with Gasteiger partial charge in [0.1, 0.15) is 11.4 Å². The summed E-state index contributed by atoms with van der Waals surface area (Å²) in [6, 6.07) is 6.92. The lowest BCUT2D eigenvalue weighted by molar-refractivity contribution is -0.320. The zero-order valence-corrected chi connectivity index (χ0v) is 19.2. The quantitative estimate of drug-likeness (QED) is 0.419. The smallest absolute Gasteiger partial charge is 0.389 e. The molecule has 0 saturated heterocycles. The number of unbranched alkanes of at least 4 members (excludes halogenated alkanes) is 1. The molecule has 0 atom stereocenters. The first kappa shape index (κ1) is 26.9. The fourth-order valence-electron chi connectivity index (χ4n) is 2.92. The van der Waals surface area contributed by atoms with Crippen LogP contribution in [0.4, 0.5) is 13.2 Å². The van der Waals surface area contributed by atoms with Crippen LogP contribution < -0.4 is 25.8 Å². The van der Waals surface area contributed by atoms with Crippen LogP contribution in [0.2, 0.25) is 0 Å². The standard InChI is InChI=1S/C22H28F3N3O6/c1-21(2,19(30)31)34-16-10-8-15(9-11-16)7-4-5-14-33-17-18(29)27(3)20(32)28(26-17)13-6-12-22(23,24)25/h8-11H,4-7,12-14H2,1-3H3,(H,30,31)/p-1. The van der Waals surface area contributed by atoms with Crippen molar-refractivity contribution < 1.29 is 32.5 Å². The van der Waals surface area contributed by atoms with Gasteiger partial charge in [0.25, 0.3) is 5.88 Å². The van der Waals surface area contributed by atoms with E-state index in [1.807, 2.05) is 0 Å². The molecule has 2 rings (SSSR count). The van der Waals surface area contributed by atoms with Gasteiger partial charge in [0.2, 0.25) is 0 Å². The lowest BCUT2D eigenvalue weighted by atomic mass is 10.1. The van der Waals surface area contributed by atoms with Crippen LogP contribution in [-0.2, 0) is 24.8 Å². The van der Waals surface area contributed by atoms with Crippen molar-refractivity contribution in [3.05, 3.63) is 50.7 Å². The first-order valence-corrected chi connectivity index (χ1v) is 10.7. The van der Waals surface area contributed by atoms with Crippen LogP contribution in [0, 0.1) is 0 Å². The number of hydrogen-bond acceptors (Lipinski definition) is 7. The molecule has 0 saturated carbocycles. The third-order valence-electron chi connectivity index (χ3n) is 4.92. The van der Waals surface area contributed by atoms with E-state index in [0.717, 1.165) is 14.8 Å². The zero-order chi connectivity index (χ0) is 25.5. The number of nitrogens with zero attached hydrogens (tertiary/aromatic N) is 3. The number of aryl methyl sites for hydroxylation is 2. The van der Waals surface area contributed by atoms with Gasteiger partial charge in [0, 0.05) is 20.0 Å². The fraction of sp³-hybridized carbons (Fsp3) is 0.545. The molecular formula is C22H27F3N3O6-. The van der Waals surface area contributed by atoms with Gasteiger partial charge >= 0.3 is 17.4 Å². The van der Waals surface area contributed by atoms with Crippen LogP contribution in [0.15, 0.2) is 33.9 Å². The summed E-state index contributed by atoms with van der Waals surface area (Å²) in [7, 11) is 1.21. The summed E-state index contributed by atoms with van der Waals surface area (Å²) in [6.45, 7) is 2.63. The summed E-state index contributed by atoms with van der Waals surface area (Å²) in [5, 5.41) is 14.8. The van der Waals surface area contributed by atoms with Crippen molar-refractivity contribution in [2.75, 3.05) is 6.61 Å². The fourth-order valence-corrected chi connectivity index (χ4v) is 2.92. The number of rotatable bonds is 12. The first-order chi connectivity index (χ1) is 15.8. The third-order valence-corrected chi connectivity index (χ3v) is 4.92. The predicted molar refractivity (Wildman–Crippen MR) is 114 cm³/mol. The van der Waals surface area contributed by atoms with Crippen LogP contribution >= 0.6 is 0 Å². The number of carbonyl (C=O) groups excluding carboxylic acids is 1. The lowest BCUT2D eigenvalue weighted by Gasteiger charge is -2.27. The molecule has 0 aliphatic heterocycles. The van der Waals surface area contributed by atoms with Gasteiger partial charge in [-0.15, -0.1) is 5.10 Å². The van der Waals surface area contributed by atoms with Crippen molar-refractivity contribution >= 4 is 5.97 Å². The Morgan fingerprint density at radius 2 is 1.74 bits per heavy atom. The molecule has 9 nitrogen and oxygen atoms in total. The van der Waals surface area contributed by atoms with Crippen molar-refractivity contribution in [3.8, 4) is 11.6 Å². The highest BCUT2D eigenvalue weighted by atomic mass is 19.4. The van der Waals surface area contributed by atoms with E-state index in [1.165, 1.54) is 20.9 Å². The van der Waals surface area contributed by atoms with Crippen molar-refractivity contribution in [1.29, 1.82) is 0 Å². The maximum atomic E-state index is 12.3. The summed E-state index contributed by atoms with van der Waals surface area (Å²) >= 11 is 0.